The lowest BCUT2D eigenvalue weighted by atomic mass is 9.96. The summed E-state index contributed by atoms with van der Waals surface area (Å²) in [5, 5.41) is 3.08. The molecule has 7 rings (SSSR count). The summed E-state index contributed by atoms with van der Waals surface area (Å²) in [5.74, 6) is 0.422. The third-order valence-corrected chi connectivity index (χ3v) is 8.75. The maximum atomic E-state index is 13.9. The van der Waals surface area contributed by atoms with Crippen molar-refractivity contribution in [2.45, 2.75) is 25.3 Å². The zero-order valence-electron chi connectivity index (χ0n) is 27.7. The molecule has 6 nitrogen and oxygen atoms in total. The van der Waals surface area contributed by atoms with Crippen LogP contribution < -0.4 is 19.7 Å². The van der Waals surface area contributed by atoms with Gasteiger partial charge < -0.3 is 14.8 Å². The van der Waals surface area contributed by atoms with Crippen LogP contribution in [0, 0.1) is 5.82 Å². The first kappa shape index (κ1) is 33.0. The minimum Gasteiger partial charge on any atom is -0.489 e. The van der Waals surface area contributed by atoms with Crippen molar-refractivity contribution in [1.82, 2.24) is 5.32 Å². The largest absolute Gasteiger partial charge is 0.489 e. The summed E-state index contributed by atoms with van der Waals surface area (Å²) >= 11 is 0. The first-order valence-corrected chi connectivity index (χ1v) is 16.7. The van der Waals surface area contributed by atoms with E-state index in [2.05, 4.69) is 5.32 Å². The number of hydrogen-bond donors (Lipinski definition) is 1. The van der Waals surface area contributed by atoms with Crippen LogP contribution in [0.4, 0.5) is 14.9 Å². The van der Waals surface area contributed by atoms with Gasteiger partial charge in [0.1, 0.15) is 30.5 Å². The highest BCUT2D eigenvalue weighted by Gasteiger charge is 2.41. The number of amides is 2. The summed E-state index contributed by atoms with van der Waals surface area (Å²) in [5.41, 5.74) is 5.84. The van der Waals surface area contributed by atoms with E-state index in [4.69, 9.17) is 9.47 Å². The van der Waals surface area contributed by atoms with Gasteiger partial charge in [-0.05, 0) is 76.9 Å². The third-order valence-electron chi connectivity index (χ3n) is 8.75. The standard InChI is InChI=1S/C44H35FN2O4/c45-36-20-16-35(17-21-36)41(48)27-26-40-43(47(44(49)46-40)37-22-18-34(19-23-37)33-14-8-3-9-15-33)39-25-24-38(50-29-31-10-4-1-5-11-31)28-42(39)51-30-32-12-6-2-7-13-32/h1-28,40,43H,29-30H2,(H,46,49)/b27-26+/t40-,43-/m1/s1. The van der Waals surface area contributed by atoms with E-state index in [0.717, 1.165) is 27.8 Å². The van der Waals surface area contributed by atoms with Crippen LogP contribution in [0.15, 0.2) is 170 Å². The van der Waals surface area contributed by atoms with E-state index in [0.29, 0.717) is 36.0 Å². The molecular formula is C44H35FN2O4. The molecule has 0 saturated carbocycles. The Morgan fingerprint density at radius 1 is 0.686 bits per heavy atom. The molecule has 2 amide bonds. The molecule has 0 bridgehead atoms. The van der Waals surface area contributed by atoms with Crippen LogP contribution >= 0.6 is 0 Å². The van der Waals surface area contributed by atoms with E-state index in [-0.39, 0.29) is 11.8 Å². The molecule has 1 saturated heterocycles. The lowest BCUT2D eigenvalue weighted by Crippen LogP contribution is -2.29. The quantitative estimate of drug-likeness (QED) is 0.104. The number of carbonyl (C=O) groups is 2. The fraction of sp³-hybridized carbons (Fsp3) is 0.0909. The number of halogens is 1. The van der Waals surface area contributed by atoms with Gasteiger partial charge in [-0.15, -0.1) is 0 Å². The monoisotopic (exact) mass is 674 g/mol. The molecule has 252 valence electrons. The second-order valence-corrected chi connectivity index (χ2v) is 12.2. The van der Waals surface area contributed by atoms with Gasteiger partial charge in [-0.1, -0.05) is 109 Å². The molecule has 1 aliphatic heterocycles. The maximum absolute atomic E-state index is 13.9. The second-order valence-electron chi connectivity index (χ2n) is 12.2. The number of ether oxygens (including phenoxy) is 2. The fourth-order valence-corrected chi connectivity index (χ4v) is 6.14. The number of anilines is 1. The molecule has 1 aliphatic rings. The van der Waals surface area contributed by atoms with Crippen LogP contribution in [-0.4, -0.2) is 17.9 Å². The number of benzene rings is 6. The maximum Gasteiger partial charge on any atom is 0.323 e. The van der Waals surface area contributed by atoms with Gasteiger partial charge in [0.15, 0.2) is 5.78 Å². The first-order chi connectivity index (χ1) is 25.0. The molecule has 6 aromatic rings. The van der Waals surface area contributed by atoms with E-state index in [1.54, 1.807) is 11.0 Å². The number of carbonyl (C=O) groups excluding carboxylic acids is 2. The van der Waals surface area contributed by atoms with Gasteiger partial charge in [0.25, 0.3) is 0 Å². The second kappa shape index (κ2) is 15.4. The molecule has 6 aromatic carbocycles. The summed E-state index contributed by atoms with van der Waals surface area (Å²) in [6.45, 7) is 0.665. The summed E-state index contributed by atoms with van der Waals surface area (Å²) in [7, 11) is 0. The predicted octanol–water partition coefficient (Wildman–Crippen LogP) is 9.73. The van der Waals surface area contributed by atoms with Crippen molar-refractivity contribution in [1.29, 1.82) is 0 Å². The minimum absolute atomic E-state index is 0.291. The van der Waals surface area contributed by atoms with Crippen molar-refractivity contribution < 1.29 is 23.5 Å². The van der Waals surface area contributed by atoms with Gasteiger partial charge in [-0.3, -0.25) is 9.69 Å². The van der Waals surface area contributed by atoms with E-state index in [9.17, 15) is 14.0 Å². The molecule has 7 heteroatoms. The molecule has 0 spiro atoms. The van der Waals surface area contributed by atoms with Crippen molar-refractivity contribution in [2.24, 2.45) is 0 Å². The Balaban J connectivity index is 1.26. The Morgan fingerprint density at radius 2 is 1.27 bits per heavy atom. The predicted molar refractivity (Wildman–Crippen MR) is 197 cm³/mol. The molecule has 51 heavy (non-hydrogen) atoms. The average Bonchev–Trinajstić information content (AvgIpc) is 3.52. The average molecular weight is 675 g/mol. The lowest BCUT2D eigenvalue weighted by Gasteiger charge is -2.28. The summed E-state index contributed by atoms with van der Waals surface area (Å²) in [6.07, 6.45) is 3.11. The fourth-order valence-electron chi connectivity index (χ4n) is 6.14. The minimum atomic E-state index is -0.620. The van der Waals surface area contributed by atoms with E-state index in [1.807, 2.05) is 133 Å². The van der Waals surface area contributed by atoms with Crippen LogP contribution in [0.3, 0.4) is 0 Å². The van der Waals surface area contributed by atoms with Crippen LogP contribution in [0.2, 0.25) is 0 Å². The van der Waals surface area contributed by atoms with Gasteiger partial charge in [-0.25, -0.2) is 9.18 Å². The molecule has 1 fully saturated rings. The highest BCUT2D eigenvalue weighted by atomic mass is 19.1. The molecule has 2 atom stereocenters. The number of allylic oxidation sites excluding steroid dienone is 1. The molecule has 0 unspecified atom stereocenters. The van der Waals surface area contributed by atoms with Crippen molar-refractivity contribution in [3.63, 3.8) is 0 Å². The Bertz CT molecular complexity index is 2120. The summed E-state index contributed by atoms with van der Waals surface area (Å²) in [6, 6.07) is 47.1. The SMILES string of the molecule is O=C(/C=C/[C@H]1NC(=O)N(c2ccc(-c3ccccc3)cc2)[C@@H]1c1ccc(OCc2ccccc2)cc1OCc1ccccc1)c1ccc(F)cc1. The zero-order valence-corrected chi connectivity index (χ0v) is 27.7. The molecule has 0 aliphatic carbocycles. The Morgan fingerprint density at radius 3 is 1.92 bits per heavy atom. The van der Waals surface area contributed by atoms with E-state index >= 15 is 0 Å². The van der Waals surface area contributed by atoms with Crippen molar-refractivity contribution in [3.05, 3.63) is 198 Å². The summed E-state index contributed by atoms with van der Waals surface area (Å²) < 4.78 is 26.3. The van der Waals surface area contributed by atoms with Crippen LogP contribution in [0.5, 0.6) is 11.5 Å². The Labute approximate surface area is 296 Å². The Hall–Kier alpha value is -6.47. The number of nitrogens with one attached hydrogen (secondary N) is 1. The molecule has 1 heterocycles. The van der Waals surface area contributed by atoms with E-state index < -0.39 is 17.9 Å². The number of urea groups is 1. The smallest absolute Gasteiger partial charge is 0.323 e. The summed E-state index contributed by atoms with van der Waals surface area (Å²) in [4.78, 5) is 28.7. The zero-order chi connectivity index (χ0) is 35.0. The highest BCUT2D eigenvalue weighted by Crippen LogP contribution is 2.41. The number of hydrogen-bond acceptors (Lipinski definition) is 4. The normalized spacial score (nSPS) is 15.5. The van der Waals surface area contributed by atoms with Crippen LogP contribution in [0.1, 0.15) is 33.1 Å². The molecule has 0 aromatic heterocycles. The molecule has 1 N–H and O–H groups in total. The van der Waals surface area contributed by atoms with Crippen LogP contribution in [-0.2, 0) is 13.2 Å². The lowest BCUT2D eigenvalue weighted by molar-refractivity contribution is 0.104. The molecular weight excluding hydrogens is 639 g/mol. The topological polar surface area (TPSA) is 67.9 Å². The Kier molecular flexibility index (Phi) is 9.97. The van der Waals surface area contributed by atoms with Gasteiger partial charge in [0, 0.05) is 22.9 Å². The highest BCUT2D eigenvalue weighted by molar-refractivity contribution is 6.05. The first-order valence-electron chi connectivity index (χ1n) is 16.7. The number of ketones is 1. The van der Waals surface area contributed by atoms with Crippen molar-refractivity contribution in [2.75, 3.05) is 4.90 Å². The van der Waals surface area contributed by atoms with Gasteiger partial charge in [0.2, 0.25) is 0 Å². The van der Waals surface area contributed by atoms with Gasteiger partial charge >= 0.3 is 6.03 Å². The van der Waals surface area contributed by atoms with Crippen LogP contribution in [0.25, 0.3) is 11.1 Å². The van der Waals surface area contributed by atoms with Crippen molar-refractivity contribution in [3.8, 4) is 22.6 Å². The van der Waals surface area contributed by atoms with Crippen molar-refractivity contribution >= 4 is 17.5 Å². The van der Waals surface area contributed by atoms with Gasteiger partial charge in [-0.2, -0.15) is 0 Å². The number of rotatable bonds is 12. The third kappa shape index (κ3) is 7.89. The van der Waals surface area contributed by atoms with E-state index in [1.165, 1.54) is 30.3 Å². The number of nitrogens with zero attached hydrogens (tertiary/aromatic N) is 1. The van der Waals surface area contributed by atoms with Gasteiger partial charge in [0.05, 0.1) is 12.1 Å². The molecule has 0 radical (unpaired) electrons.